The Hall–Kier alpha value is -2.37. The number of carbonyl (C=O) groups is 2. The third kappa shape index (κ3) is 2.64. The lowest BCUT2D eigenvalue weighted by molar-refractivity contribution is -0.140. The summed E-state index contributed by atoms with van der Waals surface area (Å²) >= 11 is 0. The molecule has 0 amide bonds. The fraction of sp³-hybridized carbons (Fsp3) is 0.357. The molecule has 0 atom stereocenters. The van der Waals surface area contributed by atoms with Crippen molar-refractivity contribution in [2.45, 2.75) is 26.3 Å². The fourth-order valence-corrected chi connectivity index (χ4v) is 2.14. The maximum absolute atomic E-state index is 11.3. The number of hydrogen-bond acceptors (Lipinski definition) is 4. The maximum atomic E-state index is 11.3. The second-order valence-corrected chi connectivity index (χ2v) is 4.37. The van der Waals surface area contributed by atoms with Gasteiger partial charge in [-0.1, -0.05) is 6.92 Å². The summed E-state index contributed by atoms with van der Waals surface area (Å²) in [6.45, 7) is 2.44. The van der Waals surface area contributed by atoms with E-state index >= 15 is 0 Å². The molecule has 0 aliphatic rings. The second-order valence-electron chi connectivity index (χ2n) is 4.37. The minimum absolute atomic E-state index is 0.206. The number of ether oxygens (including phenoxy) is 1. The minimum atomic E-state index is -0.978. The molecule has 6 nitrogen and oxygen atoms in total. The molecule has 0 aliphatic carbocycles. The smallest absolute Gasteiger partial charge is 0.335 e. The van der Waals surface area contributed by atoms with Crippen LogP contribution in [0, 0.1) is 0 Å². The van der Waals surface area contributed by atoms with Gasteiger partial charge < -0.3 is 14.4 Å². The van der Waals surface area contributed by atoms with Crippen LogP contribution in [0.5, 0.6) is 0 Å². The number of methoxy groups -OCH3 is 1. The van der Waals surface area contributed by atoms with E-state index in [2.05, 4.69) is 9.72 Å². The predicted molar refractivity (Wildman–Crippen MR) is 72.7 cm³/mol. The molecule has 6 heteroatoms. The number of carboxylic acids is 1. The van der Waals surface area contributed by atoms with E-state index in [0.29, 0.717) is 18.5 Å². The van der Waals surface area contributed by atoms with Gasteiger partial charge in [-0.25, -0.2) is 9.78 Å². The van der Waals surface area contributed by atoms with Crippen LogP contribution >= 0.6 is 0 Å². The molecule has 0 unspecified atom stereocenters. The van der Waals surface area contributed by atoms with Gasteiger partial charge in [-0.05, 0) is 18.2 Å². The first kappa shape index (κ1) is 14.0. The first-order chi connectivity index (χ1) is 9.56. The van der Waals surface area contributed by atoms with E-state index in [1.807, 2.05) is 11.5 Å². The molecule has 1 aromatic carbocycles. The molecule has 1 heterocycles. The van der Waals surface area contributed by atoms with Crippen molar-refractivity contribution < 1.29 is 19.4 Å². The van der Waals surface area contributed by atoms with Gasteiger partial charge in [-0.3, -0.25) is 4.79 Å². The zero-order chi connectivity index (χ0) is 14.7. The van der Waals surface area contributed by atoms with E-state index in [-0.39, 0.29) is 18.0 Å². The van der Waals surface area contributed by atoms with Gasteiger partial charge in [0.15, 0.2) is 0 Å². The minimum Gasteiger partial charge on any atom is -0.478 e. The molecule has 106 valence electrons. The van der Waals surface area contributed by atoms with Crippen LogP contribution in [0.25, 0.3) is 11.0 Å². The van der Waals surface area contributed by atoms with E-state index in [0.717, 1.165) is 11.3 Å². The highest BCUT2D eigenvalue weighted by Gasteiger charge is 2.13. The standard InChI is InChI=1S/C14H16N2O4/c1-3-12-15-10-8-9(14(18)19)4-5-11(10)16(12)7-6-13(17)20-2/h4-5,8H,3,6-7H2,1-2H3,(H,18,19). The number of fused-ring (bicyclic) bond motifs is 1. The Morgan fingerprint density at radius 2 is 2.15 bits per heavy atom. The summed E-state index contributed by atoms with van der Waals surface area (Å²) in [5.41, 5.74) is 1.67. The fourth-order valence-electron chi connectivity index (χ4n) is 2.14. The number of carbonyl (C=O) groups excluding carboxylic acids is 1. The van der Waals surface area contributed by atoms with Crippen molar-refractivity contribution in [3.63, 3.8) is 0 Å². The normalized spacial score (nSPS) is 10.7. The summed E-state index contributed by atoms with van der Waals surface area (Å²) in [7, 11) is 1.36. The van der Waals surface area contributed by atoms with Crippen molar-refractivity contribution in [2.24, 2.45) is 0 Å². The summed E-state index contributed by atoms with van der Waals surface area (Å²) in [6.07, 6.45) is 0.966. The lowest BCUT2D eigenvalue weighted by atomic mass is 10.2. The summed E-state index contributed by atoms with van der Waals surface area (Å²) in [5, 5.41) is 8.99. The molecule has 0 fully saturated rings. The number of aromatic nitrogens is 2. The average molecular weight is 276 g/mol. The van der Waals surface area contributed by atoms with Crippen LogP contribution < -0.4 is 0 Å². The molecule has 0 saturated carbocycles. The van der Waals surface area contributed by atoms with Crippen molar-refractivity contribution in [1.82, 2.24) is 9.55 Å². The lowest BCUT2D eigenvalue weighted by Crippen LogP contribution is -2.09. The van der Waals surface area contributed by atoms with Crippen molar-refractivity contribution >= 4 is 23.0 Å². The molecule has 0 aliphatic heterocycles. The summed E-state index contributed by atoms with van der Waals surface area (Å²) in [6, 6.07) is 4.81. The summed E-state index contributed by atoms with van der Waals surface area (Å²) in [4.78, 5) is 26.6. The van der Waals surface area contributed by atoms with E-state index in [9.17, 15) is 9.59 Å². The number of aryl methyl sites for hydroxylation is 2. The molecule has 20 heavy (non-hydrogen) atoms. The van der Waals surface area contributed by atoms with Gasteiger partial charge >= 0.3 is 11.9 Å². The number of aromatic carboxylic acids is 1. The Bertz CT molecular complexity index is 660. The van der Waals surface area contributed by atoms with Gasteiger partial charge in [-0.2, -0.15) is 0 Å². The van der Waals surface area contributed by atoms with Crippen molar-refractivity contribution in [3.05, 3.63) is 29.6 Å². The van der Waals surface area contributed by atoms with Gasteiger partial charge in [0.25, 0.3) is 0 Å². The third-order valence-corrected chi connectivity index (χ3v) is 3.16. The first-order valence-electron chi connectivity index (χ1n) is 6.36. The largest absolute Gasteiger partial charge is 0.478 e. The predicted octanol–water partition coefficient (Wildman–Crippen LogP) is 1.86. The van der Waals surface area contributed by atoms with E-state index < -0.39 is 5.97 Å². The zero-order valence-electron chi connectivity index (χ0n) is 11.4. The number of rotatable bonds is 5. The first-order valence-corrected chi connectivity index (χ1v) is 6.36. The van der Waals surface area contributed by atoms with Crippen molar-refractivity contribution in [2.75, 3.05) is 7.11 Å². The molecule has 2 aromatic rings. The van der Waals surface area contributed by atoms with E-state index in [1.165, 1.54) is 7.11 Å². The van der Waals surface area contributed by atoms with Gasteiger partial charge in [0, 0.05) is 13.0 Å². The lowest BCUT2D eigenvalue weighted by Gasteiger charge is -2.07. The van der Waals surface area contributed by atoms with Gasteiger partial charge in [0.1, 0.15) is 5.82 Å². The van der Waals surface area contributed by atoms with E-state index in [4.69, 9.17) is 5.11 Å². The number of hydrogen-bond donors (Lipinski definition) is 1. The Balaban J connectivity index is 2.41. The Labute approximate surface area is 116 Å². The van der Waals surface area contributed by atoms with Gasteiger partial charge in [-0.15, -0.1) is 0 Å². The SMILES string of the molecule is CCc1nc2cc(C(=O)O)ccc2n1CCC(=O)OC. The highest BCUT2D eigenvalue weighted by atomic mass is 16.5. The van der Waals surface area contributed by atoms with Crippen LogP contribution in [0.4, 0.5) is 0 Å². The molecule has 0 saturated heterocycles. The maximum Gasteiger partial charge on any atom is 0.335 e. The number of nitrogens with zero attached hydrogens (tertiary/aromatic N) is 2. The Morgan fingerprint density at radius 1 is 1.40 bits per heavy atom. The van der Waals surface area contributed by atoms with Crippen molar-refractivity contribution in [1.29, 1.82) is 0 Å². The summed E-state index contributed by atoms with van der Waals surface area (Å²) in [5.74, 6) is -0.434. The van der Waals surface area contributed by atoms with Crippen LogP contribution in [0.15, 0.2) is 18.2 Å². The molecule has 0 radical (unpaired) electrons. The Kier molecular flexibility index (Phi) is 4.02. The molecule has 1 aromatic heterocycles. The highest BCUT2D eigenvalue weighted by molar-refractivity contribution is 5.92. The molecule has 1 N–H and O–H groups in total. The van der Waals surface area contributed by atoms with Crippen LogP contribution in [0.2, 0.25) is 0 Å². The van der Waals surface area contributed by atoms with E-state index in [1.54, 1.807) is 18.2 Å². The van der Waals surface area contributed by atoms with Crippen LogP contribution in [-0.2, 0) is 22.5 Å². The van der Waals surface area contributed by atoms with Gasteiger partial charge in [0.2, 0.25) is 0 Å². The molecular weight excluding hydrogens is 260 g/mol. The number of benzene rings is 1. The van der Waals surface area contributed by atoms with Crippen LogP contribution in [0.1, 0.15) is 29.5 Å². The highest BCUT2D eigenvalue weighted by Crippen LogP contribution is 2.19. The summed E-state index contributed by atoms with van der Waals surface area (Å²) < 4.78 is 6.56. The molecule has 2 rings (SSSR count). The average Bonchev–Trinajstić information content (AvgIpc) is 2.81. The topological polar surface area (TPSA) is 81.4 Å². The number of carboxylic acid groups (broad SMARTS) is 1. The number of esters is 1. The molecule has 0 spiro atoms. The second kappa shape index (κ2) is 5.73. The molecule has 0 bridgehead atoms. The number of imidazole rings is 1. The quantitative estimate of drug-likeness (QED) is 0.843. The third-order valence-electron chi connectivity index (χ3n) is 3.16. The monoisotopic (exact) mass is 276 g/mol. The van der Waals surface area contributed by atoms with Crippen molar-refractivity contribution in [3.8, 4) is 0 Å². The van der Waals surface area contributed by atoms with Crippen LogP contribution in [0.3, 0.4) is 0 Å². The molecular formula is C14H16N2O4. The van der Waals surface area contributed by atoms with Gasteiger partial charge in [0.05, 0.1) is 30.1 Å². The Morgan fingerprint density at radius 3 is 2.75 bits per heavy atom. The zero-order valence-corrected chi connectivity index (χ0v) is 11.4. The van der Waals surface area contributed by atoms with Crippen LogP contribution in [-0.4, -0.2) is 33.7 Å².